The Labute approximate surface area is 226 Å². The first-order valence-corrected chi connectivity index (χ1v) is 12.9. The summed E-state index contributed by atoms with van der Waals surface area (Å²) in [4.78, 5) is 0. The minimum Gasteiger partial charge on any atom is -0.358 e. The van der Waals surface area contributed by atoms with Gasteiger partial charge in [0.2, 0.25) is 0 Å². The lowest BCUT2D eigenvalue weighted by Crippen LogP contribution is -2.27. The van der Waals surface area contributed by atoms with E-state index in [-0.39, 0.29) is 0 Å². The molecule has 3 aliphatic rings. The van der Waals surface area contributed by atoms with E-state index >= 15 is 0 Å². The molecule has 0 radical (unpaired) electrons. The summed E-state index contributed by atoms with van der Waals surface area (Å²) < 4.78 is 0. The predicted octanol–water partition coefficient (Wildman–Crippen LogP) is 6.83. The van der Waals surface area contributed by atoms with Crippen LogP contribution in [-0.4, -0.2) is 0 Å². The van der Waals surface area contributed by atoms with Crippen molar-refractivity contribution in [1.29, 1.82) is 0 Å². The van der Waals surface area contributed by atoms with Crippen molar-refractivity contribution in [2.45, 2.75) is 78.6 Å². The molecule has 3 rings (SSSR count). The second-order valence-electron chi connectivity index (χ2n) is 9.84. The normalized spacial score (nSPS) is 24.5. The van der Waals surface area contributed by atoms with Crippen molar-refractivity contribution in [3.63, 3.8) is 0 Å². The fourth-order valence-electron chi connectivity index (χ4n) is 5.27. The highest BCUT2D eigenvalue weighted by Crippen LogP contribution is 2.54. The largest absolute Gasteiger partial charge is 0.358 e. The van der Waals surface area contributed by atoms with Gasteiger partial charge in [0.25, 0.3) is 0 Å². The molecule has 0 spiro atoms. The van der Waals surface area contributed by atoms with Crippen molar-refractivity contribution in [2.24, 2.45) is 17.3 Å². The minimum absolute atomic E-state index is 0.624. The van der Waals surface area contributed by atoms with Gasteiger partial charge in [-0.05, 0) is 146 Å². The minimum atomic E-state index is 0.624. The summed E-state index contributed by atoms with van der Waals surface area (Å²) in [6.45, 7) is 10.9. The fraction of sp³-hybridized carbons (Fsp3) is 0.405. The van der Waals surface area contributed by atoms with Crippen LogP contribution in [0.15, 0.2) is 35.5 Å². The third-order valence-corrected chi connectivity index (χ3v) is 7.14. The first-order chi connectivity index (χ1) is 18.0. The summed E-state index contributed by atoms with van der Waals surface area (Å²) in [5.41, 5.74) is 5.29. The molecule has 0 heteroatoms. The molecule has 3 aliphatic carbocycles. The van der Waals surface area contributed by atoms with E-state index in [4.69, 9.17) is 6.42 Å². The van der Waals surface area contributed by atoms with Crippen LogP contribution in [0.4, 0.5) is 0 Å². The Kier molecular flexibility index (Phi) is 12.8. The third-order valence-electron chi connectivity index (χ3n) is 7.14. The molecule has 0 aromatic rings. The van der Waals surface area contributed by atoms with Gasteiger partial charge in [-0.3, -0.25) is 5.92 Å². The van der Waals surface area contributed by atoms with Gasteiger partial charge in [-0.25, -0.2) is 5.92 Å². The van der Waals surface area contributed by atoms with E-state index in [1.807, 2.05) is 5.92 Å². The molecule has 182 valence electrons. The van der Waals surface area contributed by atoms with E-state index in [2.05, 4.69) is 115 Å². The second-order valence-corrected chi connectivity index (χ2v) is 9.84. The Bertz CT molecular complexity index is 1400. The van der Waals surface area contributed by atoms with Gasteiger partial charge in [-0.2, -0.15) is 0 Å². The molecule has 0 amide bonds. The van der Waals surface area contributed by atoms with Crippen LogP contribution >= 0.6 is 0 Å². The van der Waals surface area contributed by atoms with Crippen molar-refractivity contribution in [1.82, 2.24) is 0 Å². The van der Waals surface area contributed by atoms with Gasteiger partial charge in [-0.15, -0.1) is 5.92 Å². The molecule has 3 atom stereocenters. The number of rotatable bonds is 1. The van der Waals surface area contributed by atoms with Gasteiger partial charge in [0.1, 0.15) is 0 Å². The maximum atomic E-state index is 6.47. The van der Waals surface area contributed by atoms with Crippen LogP contribution in [0.5, 0.6) is 0 Å². The van der Waals surface area contributed by atoms with E-state index < -0.39 is 0 Å². The molecular weight excluding hydrogens is 444 g/mol. The molecule has 0 N–H and O–H groups in total. The predicted molar refractivity (Wildman–Crippen MR) is 155 cm³/mol. The highest BCUT2D eigenvalue weighted by molar-refractivity contribution is 5.45. The van der Waals surface area contributed by atoms with Crippen molar-refractivity contribution < 1.29 is 0 Å². The zero-order valence-corrected chi connectivity index (χ0v) is 22.4. The lowest BCUT2D eigenvalue weighted by molar-refractivity contribution is 0.201. The lowest BCUT2D eigenvalue weighted by atomic mass is 9.67. The molecule has 0 aliphatic heterocycles. The van der Waals surface area contributed by atoms with E-state index in [1.165, 1.54) is 68.9 Å². The molecule has 0 heterocycles. The molecule has 37 heavy (non-hydrogen) atoms. The Hall–Kier alpha value is -4.30. The molecule has 0 aromatic carbocycles. The van der Waals surface area contributed by atoms with Crippen LogP contribution in [0.25, 0.3) is 0 Å². The molecule has 3 saturated carbocycles. The van der Waals surface area contributed by atoms with Crippen molar-refractivity contribution >= 4 is 0 Å². The van der Waals surface area contributed by atoms with E-state index in [0.717, 1.165) is 11.8 Å². The summed E-state index contributed by atoms with van der Waals surface area (Å²) in [7, 11) is 0. The zero-order valence-electron chi connectivity index (χ0n) is 22.4. The number of allylic oxidation sites excluding steroid dienone is 5. The van der Waals surface area contributed by atoms with Crippen LogP contribution < -0.4 is 0 Å². The first-order valence-electron chi connectivity index (χ1n) is 12.9. The third kappa shape index (κ3) is 10.5. The van der Waals surface area contributed by atoms with E-state index in [1.54, 1.807) is 12.5 Å². The van der Waals surface area contributed by atoms with Gasteiger partial charge >= 0.3 is 0 Å². The van der Waals surface area contributed by atoms with Crippen LogP contribution in [-0.2, 0) is 0 Å². The van der Waals surface area contributed by atoms with Crippen LogP contribution in [0.3, 0.4) is 0 Å². The topological polar surface area (TPSA) is 0 Å². The van der Waals surface area contributed by atoms with Gasteiger partial charge in [0.05, 0.1) is 0 Å². The summed E-state index contributed by atoms with van der Waals surface area (Å²) in [5, 5.41) is 0. The van der Waals surface area contributed by atoms with Gasteiger partial charge < -0.3 is 6.42 Å². The molecule has 0 unspecified atom stereocenters. The van der Waals surface area contributed by atoms with E-state index in [0.29, 0.717) is 5.41 Å². The maximum absolute atomic E-state index is 6.47. The van der Waals surface area contributed by atoms with Crippen molar-refractivity contribution in [3.8, 4) is 88.8 Å². The van der Waals surface area contributed by atoms with Gasteiger partial charge in [0.15, 0.2) is 0 Å². The zero-order chi connectivity index (χ0) is 26.8. The van der Waals surface area contributed by atoms with Crippen LogP contribution in [0.2, 0.25) is 0 Å². The monoisotopic (exact) mass is 477 g/mol. The Balaban J connectivity index is 0.000000265. The second kappa shape index (κ2) is 16.4. The molecule has 0 bridgehead atoms. The average Bonchev–Trinajstić information content (AvgIpc) is 3.30. The smallest absolute Gasteiger partial charge is 0.0000000000391 e. The van der Waals surface area contributed by atoms with E-state index in [9.17, 15) is 0 Å². The maximum Gasteiger partial charge on any atom is -0.0000000000391 e. The van der Waals surface area contributed by atoms with Crippen molar-refractivity contribution in [2.75, 3.05) is 0 Å². The van der Waals surface area contributed by atoms with Crippen molar-refractivity contribution in [3.05, 3.63) is 41.9 Å². The number of fused-ring (bicyclic) bond motifs is 1. The summed E-state index contributed by atoms with van der Waals surface area (Å²) in [6.07, 6.45) is 23.7. The van der Waals surface area contributed by atoms with Gasteiger partial charge in [-0.1, -0.05) is 56.1 Å². The SMILES string of the molecule is C=C1CC[C@H](C)C/C1=C\C=C1/CCC[C@]2(C)CCC[C@@H]12.[C-]#CC#CC#CC#CC#CC#CC#CC#CC. The summed E-state index contributed by atoms with van der Waals surface area (Å²) >= 11 is 0. The number of hydrogen-bond acceptors (Lipinski definition) is 0. The summed E-state index contributed by atoms with van der Waals surface area (Å²) in [5.74, 6) is 38.0. The quantitative estimate of drug-likeness (QED) is 0.287. The lowest BCUT2D eigenvalue weighted by Gasteiger charge is -2.38. The Morgan fingerprint density at radius 1 is 0.784 bits per heavy atom. The molecule has 0 aromatic heterocycles. The first kappa shape index (κ1) is 28.9. The highest BCUT2D eigenvalue weighted by Gasteiger charge is 2.42. The number of hydrogen-bond donors (Lipinski definition) is 0. The highest BCUT2D eigenvalue weighted by atomic mass is 14.5. The van der Waals surface area contributed by atoms with Gasteiger partial charge in [0, 0.05) is 0 Å². The summed E-state index contributed by atoms with van der Waals surface area (Å²) in [6, 6.07) is 0. The van der Waals surface area contributed by atoms with Crippen LogP contribution in [0.1, 0.15) is 78.6 Å². The Morgan fingerprint density at radius 3 is 1.95 bits per heavy atom. The molecule has 3 fully saturated rings. The Morgan fingerprint density at radius 2 is 1.35 bits per heavy atom. The average molecular weight is 478 g/mol. The molecular formula is C37H33-. The van der Waals surface area contributed by atoms with Crippen LogP contribution in [0, 0.1) is 112 Å². The fourth-order valence-corrected chi connectivity index (χ4v) is 5.27. The molecule has 0 saturated heterocycles. The standard InChI is InChI=1S/C20H30.C17H3/c1-15-8-9-16(2)18(14-15)11-10-17-6-4-12-20(3)13-5-7-19(17)20;1-3-5-7-9-11-13-15-17-16-14-12-10-8-6-4-2/h10-11,15,19H,2,4-9,12-14H2,1,3H3;1H3/q;-1/b17-10+,18-11+;/t15-,19-,20+;/m0./s1. The molecule has 0 nitrogen and oxygen atoms in total.